The van der Waals surface area contributed by atoms with Crippen LogP contribution in [0.15, 0.2) is 48.5 Å². The number of carbonyl (C=O) groups is 4. The highest BCUT2D eigenvalue weighted by Crippen LogP contribution is 2.91. The van der Waals surface area contributed by atoms with E-state index in [9.17, 15) is 19.2 Å². The summed E-state index contributed by atoms with van der Waals surface area (Å²) in [5.74, 6) is -1.83. The molecule has 4 heterocycles. The van der Waals surface area contributed by atoms with Crippen LogP contribution in [0.2, 0.25) is 0 Å². The SMILES string of the molecule is CCOC(=O)CN1c2ccccc2C(=O)N2CCSC3(SCCN4C(=O)c5ccccc5N(CC(=O)OCC)P43=O)P21=O. The third kappa shape index (κ3) is 4.20. The van der Waals surface area contributed by atoms with Crippen molar-refractivity contribution < 1.29 is 37.8 Å². The predicted molar refractivity (Wildman–Crippen MR) is 166 cm³/mol. The molecule has 2 atom stereocenters. The average molecular weight is 665 g/mol. The zero-order valence-electron chi connectivity index (χ0n) is 23.5. The van der Waals surface area contributed by atoms with E-state index in [4.69, 9.17) is 9.47 Å². The zero-order valence-corrected chi connectivity index (χ0v) is 27.0. The van der Waals surface area contributed by atoms with E-state index in [0.29, 0.717) is 0 Å². The highest BCUT2D eigenvalue weighted by atomic mass is 32.2. The molecule has 43 heavy (non-hydrogen) atoms. The topological polar surface area (TPSA) is 134 Å². The highest BCUT2D eigenvalue weighted by Gasteiger charge is 2.76. The van der Waals surface area contributed by atoms with Gasteiger partial charge in [-0.05, 0) is 38.1 Å². The van der Waals surface area contributed by atoms with Crippen molar-refractivity contribution in [2.75, 3.05) is 60.2 Å². The Morgan fingerprint density at radius 2 is 1.14 bits per heavy atom. The molecule has 228 valence electrons. The number of fused-ring (bicyclic) bond motifs is 6. The lowest BCUT2D eigenvalue weighted by molar-refractivity contribution is -0.142. The fraction of sp³-hybridized carbons (Fsp3) is 0.407. The first-order chi connectivity index (χ1) is 20.7. The van der Waals surface area contributed by atoms with Crippen LogP contribution < -0.4 is 9.34 Å². The van der Waals surface area contributed by atoms with Gasteiger partial charge in [0.15, 0.2) is 0 Å². The minimum atomic E-state index is -4.40. The minimum Gasteiger partial charge on any atom is -0.465 e. The average Bonchev–Trinajstić information content (AvgIpc) is 3.00. The second kappa shape index (κ2) is 11.2. The molecule has 0 aliphatic carbocycles. The predicted octanol–water partition coefficient (Wildman–Crippen LogP) is 4.53. The molecule has 6 rings (SSSR count). The van der Waals surface area contributed by atoms with Crippen molar-refractivity contribution in [1.29, 1.82) is 0 Å². The van der Waals surface area contributed by atoms with Crippen LogP contribution in [-0.2, 0) is 28.2 Å². The number of para-hydroxylation sites is 2. The maximum absolute atomic E-state index is 16.1. The Morgan fingerprint density at radius 1 is 0.744 bits per heavy atom. The summed E-state index contributed by atoms with van der Waals surface area (Å²) in [6.07, 6.45) is 0. The Hall–Kier alpha value is -2.92. The smallest absolute Gasteiger partial charge is 0.326 e. The molecule has 2 amide bonds. The van der Waals surface area contributed by atoms with Gasteiger partial charge in [0.25, 0.3) is 11.8 Å². The molecule has 12 nitrogen and oxygen atoms in total. The van der Waals surface area contributed by atoms with Gasteiger partial charge in [-0.3, -0.25) is 47.0 Å². The van der Waals surface area contributed by atoms with Gasteiger partial charge in [0.05, 0.1) is 35.7 Å². The van der Waals surface area contributed by atoms with Gasteiger partial charge in [-0.25, -0.2) is 0 Å². The molecule has 0 N–H and O–H groups in total. The van der Waals surface area contributed by atoms with Gasteiger partial charge < -0.3 is 9.47 Å². The van der Waals surface area contributed by atoms with E-state index < -0.39 is 55.3 Å². The molecule has 2 saturated heterocycles. The Morgan fingerprint density at radius 3 is 1.53 bits per heavy atom. The molecule has 2 unspecified atom stereocenters. The Labute approximate surface area is 257 Å². The number of carbonyl (C=O) groups excluding carboxylic acids is 4. The molecule has 16 heteroatoms. The first-order valence-electron chi connectivity index (χ1n) is 13.8. The monoisotopic (exact) mass is 664 g/mol. The van der Waals surface area contributed by atoms with Crippen LogP contribution in [0.5, 0.6) is 0 Å². The zero-order chi connectivity index (χ0) is 30.6. The summed E-state index contributed by atoms with van der Waals surface area (Å²) in [6.45, 7) is 2.67. The van der Waals surface area contributed by atoms with Gasteiger partial charge in [-0.2, -0.15) is 0 Å². The van der Waals surface area contributed by atoms with Crippen molar-refractivity contribution in [1.82, 2.24) is 9.34 Å². The number of hydrogen-bond donors (Lipinski definition) is 0. The molecule has 2 aromatic carbocycles. The summed E-state index contributed by atoms with van der Waals surface area (Å²) in [5, 5.41) is 0. The van der Waals surface area contributed by atoms with Crippen molar-refractivity contribution in [2.45, 2.75) is 17.4 Å². The number of anilines is 2. The van der Waals surface area contributed by atoms with Gasteiger partial charge in [0.2, 0.25) is 3.56 Å². The van der Waals surface area contributed by atoms with E-state index in [1.807, 2.05) is 0 Å². The van der Waals surface area contributed by atoms with Crippen LogP contribution in [0.1, 0.15) is 34.6 Å². The minimum absolute atomic E-state index is 0.0686. The molecular weight excluding hydrogens is 634 g/mol. The molecule has 1 spiro atoms. The van der Waals surface area contributed by atoms with Crippen LogP contribution in [0, 0.1) is 0 Å². The van der Waals surface area contributed by atoms with E-state index in [1.165, 1.54) is 18.7 Å². The van der Waals surface area contributed by atoms with Crippen molar-refractivity contribution in [3.8, 4) is 0 Å². The van der Waals surface area contributed by atoms with E-state index in [1.54, 1.807) is 62.4 Å². The van der Waals surface area contributed by atoms with E-state index in [0.717, 1.165) is 23.5 Å². The lowest BCUT2D eigenvalue weighted by Gasteiger charge is -2.61. The lowest BCUT2D eigenvalue weighted by Crippen LogP contribution is -2.59. The number of thioether (sulfide) groups is 2. The molecule has 2 fully saturated rings. The second-order valence-electron chi connectivity index (χ2n) is 9.95. The summed E-state index contributed by atoms with van der Waals surface area (Å²) >= 11 is 2.32. The summed E-state index contributed by atoms with van der Waals surface area (Å²) in [6, 6.07) is 13.1. The van der Waals surface area contributed by atoms with Gasteiger partial charge >= 0.3 is 26.8 Å². The van der Waals surface area contributed by atoms with Crippen molar-refractivity contribution in [3.05, 3.63) is 59.7 Å². The van der Waals surface area contributed by atoms with Gasteiger partial charge in [0.1, 0.15) is 13.1 Å². The summed E-state index contributed by atoms with van der Waals surface area (Å²) < 4.78 is 46.2. The number of rotatable bonds is 6. The Balaban J connectivity index is 1.63. The van der Waals surface area contributed by atoms with Gasteiger partial charge in [-0.15, -0.1) is 23.5 Å². The molecule has 0 saturated carbocycles. The number of amides is 2. The molecule has 4 aliphatic rings. The van der Waals surface area contributed by atoms with Crippen molar-refractivity contribution in [2.24, 2.45) is 0 Å². The van der Waals surface area contributed by atoms with Crippen LogP contribution in [0.4, 0.5) is 11.4 Å². The summed E-state index contributed by atoms with van der Waals surface area (Å²) in [5.41, 5.74) is 1.02. The Kier molecular flexibility index (Phi) is 7.86. The largest absolute Gasteiger partial charge is 0.465 e. The molecule has 0 radical (unpaired) electrons. The van der Waals surface area contributed by atoms with Gasteiger partial charge in [-0.1, -0.05) is 24.3 Å². The normalized spacial score (nSPS) is 27.7. The highest BCUT2D eigenvalue weighted by molar-refractivity contribution is 8.35. The fourth-order valence-electron chi connectivity index (χ4n) is 6.02. The molecule has 0 bridgehead atoms. The first-order valence-corrected chi connectivity index (χ1v) is 19.0. The first kappa shape index (κ1) is 30.1. The van der Waals surface area contributed by atoms with E-state index in [2.05, 4.69) is 0 Å². The second-order valence-corrected chi connectivity index (χ2v) is 19.8. The summed E-state index contributed by atoms with van der Waals surface area (Å²) in [7, 11) is -8.80. The number of ether oxygens (including phenoxy) is 2. The number of nitrogens with zero attached hydrogens (tertiary/aromatic N) is 4. The molecule has 2 aromatic rings. The van der Waals surface area contributed by atoms with Gasteiger partial charge in [0, 0.05) is 24.6 Å². The van der Waals surface area contributed by atoms with E-state index in [-0.39, 0.29) is 60.3 Å². The number of esters is 2. The Bertz CT molecular complexity index is 1510. The van der Waals surface area contributed by atoms with Crippen molar-refractivity contribution >= 4 is 73.5 Å². The molecular formula is C27H30N4O8P2S2. The summed E-state index contributed by atoms with van der Waals surface area (Å²) in [4.78, 5) is 54.2. The quantitative estimate of drug-likeness (QED) is 0.317. The number of benzene rings is 2. The maximum atomic E-state index is 16.1. The third-order valence-electron chi connectivity index (χ3n) is 7.69. The maximum Gasteiger partial charge on any atom is 0.326 e. The lowest BCUT2D eigenvalue weighted by atomic mass is 10.1. The molecule has 4 aliphatic heterocycles. The van der Waals surface area contributed by atoms with Crippen LogP contribution >= 0.6 is 38.4 Å². The number of hydrogen-bond acceptors (Lipinski definition) is 10. The van der Waals surface area contributed by atoms with Crippen LogP contribution in [0.25, 0.3) is 0 Å². The van der Waals surface area contributed by atoms with E-state index >= 15 is 9.13 Å². The molecule has 0 aromatic heterocycles. The fourth-order valence-corrected chi connectivity index (χ4v) is 21.7. The standard InChI is InChI=1S/C27H30N4O8P2S2/c1-3-38-23(32)17-30-21-11-7-5-9-19(21)25(34)28-13-15-42-27(40(28,30)36)41(37)29(14-16-43-27)26(35)20-10-6-8-12-22(20)31(41)18-24(33)39-4-2/h5-12H,3-4,13-18H2,1-2H3. The van der Waals surface area contributed by atoms with Crippen LogP contribution in [-0.4, -0.2) is 87.6 Å². The third-order valence-corrected chi connectivity index (χ3v) is 21.5. The van der Waals surface area contributed by atoms with Crippen LogP contribution in [0.3, 0.4) is 0 Å². The van der Waals surface area contributed by atoms with Crippen molar-refractivity contribution in [3.63, 3.8) is 0 Å².